The van der Waals surface area contributed by atoms with Crippen molar-refractivity contribution < 1.29 is 32.2 Å². The minimum Gasteiger partial charge on any atom is -0.494 e. The van der Waals surface area contributed by atoms with Gasteiger partial charge in [-0.2, -0.15) is 0 Å². The summed E-state index contributed by atoms with van der Waals surface area (Å²) in [4.78, 5) is 28.8. The highest BCUT2D eigenvalue weighted by atomic mass is 35.5. The number of amides is 2. The zero-order valence-electron chi connectivity index (χ0n) is 25.9. The Balaban J connectivity index is 2.12. The van der Waals surface area contributed by atoms with Crippen molar-refractivity contribution in [3.8, 4) is 17.2 Å². The summed E-state index contributed by atoms with van der Waals surface area (Å²) in [7, 11) is -1.48. The van der Waals surface area contributed by atoms with Crippen LogP contribution in [0.4, 0.5) is 5.69 Å². The van der Waals surface area contributed by atoms with E-state index in [9.17, 15) is 18.0 Å². The number of hydrogen-bond acceptors (Lipinski definition) is 7. The lowest BCUT2D eigenvalue weighted by Gasteiger charge is -2.33. The number of anilines is 1. The van der Waals surface area contributed by atoms with Gasteiger partial charge in [0.1, 0.15) is 18.3 Å². The summed E-state index contributed by atoms with van der Waals surface area (Å²) in [5, 5.41) is 3.30. The molecule has 10 nitrogen and oxygen atoms in total. The van der Waals surface area contributed by atoms with Gasteiger partial charge in [-0.05, 0) is 75.2 Å². The Morgan fingerprint density at radius 3 is 2.16 bits per heavy atom. The van der Waals surface area contributed by atoms with Crippen molar-refractivity contribution in [1.29, 1.82) is 0 Å². The summed E-state index contributed by atoms with van der Waals surface area (Å²) in [5.41, 5.74) is 0.850. The number of carbonyl (C=O) groups excluding carboxylic acids is 2. The van der Waals surface area contributed by atoms with Crippen LogP contribution in [-0.2, 0) is 26.2 Å². The topological polar surface area (TPSA) is 114 Å². The monoisotopic (exact) mass is 645 g/mol. The molecule has 1 N–H and O–H groups in total. The van der Waals surface area contributed by atoms with Crippen LogP contribution in [0.5, 0.6) is 17.2 Å². The Hall–Kier alpha value is -3.96. The first-order valence-electron chi connectivity index (χ1n) is 14.3. The highest BCUT2D eigenvalue weighted by molar-refractivity contribution is 7.92. The molecule has 0 aliphatic rings. The summed E-state index contributed by atoms with van der Waals surface area (Å²) >= 11 is 6.45. The van der Waals surface area contributed by atoms with Crippen molar-refractivity contribution in [2.45, 2.75) is 57.6 Å². The molecule has 1 atom stereocenters. The number of methoxy groups -OCH3 is 2. The minimum absolute atomic E-state index is 0.00392. The van der Waals surface area contributed by atoms with Gasteiger partial charge < -0.3 is 24.4 Å². The molecule has 0 spiro atoms. The highest BCUT2D eigenvalue weighted by Gasteiger charge is 2.34. The number of benzene rings is 3. The molecule has 0 aromatic heterocycles. The Morgan fingerprint density at radius 2 is 1.59 bits per heavy atom. The van der Waals surface area contributed by atoms with E-state index in [1.165, 1.54) is 37.3 Å². The first-order valence-corrected chi connectivity index (χ1v) is 16.1. The van der Waals surface area contributed by atoms with E-state index < -0.39 is 28.5 Å². The van der Waals surface area contributed by atoms with E-state index in [0.717, 1.165) is 4.31 Å². The van der Waals surface area contributed by atoms with E-state index >= 15 is 0 Å². The van der Waals surface area contributed by atoms with Crippen LogP contribution < -0.4 is 23.8 Å². The molecule has 3 aromatic rings. The normalized spacial score (nSPS) is 11.9. The molecule has 0 saturated heterocycles. The molecule has 1 unspecified atom stereocenters. The lowest BCUT2D eigenvalue weighted by molar-refractivity contribution is -0.140. The van der Waals surface area contributed by atoms with Crippen LogP contribution in [0.1, 0.15) is 39.7 Å². The molecule has 0 heterocycles. The molecule has 0 radical (unpaired) electrons. The summed E-state index contributed by atoms with van der Waals surface area (Å²) in [5.74, 6) is 0.168. The fourth-order valence-corrected chi connectivity index (χ4v) is 6.24. The van der Waals surface area contributed by atoms with Gasteiger partial charge in [-0.15, -0.1) is 0 Å². The number of ether oxygens (including phenoxy) is 3. The fraction of sp³-hybridized carbons (Fsp3) is 0.375. The average Bonchev–Trinajstić information content (AvgIpc) is 3.00. The van der Waals surface area contributed by atoms with Gasteiger partial charge in [-0.25, -0.2) is 8.42 Å². The van der Waals surface area contributed by atoms with Gasteiger partial charge >= 0.3 is 0 Å². The van der Waals surface area contributed by atoms with Crippen LogP contribution in [0.2, 0.25) is 5.02 Å². The molecule has 0 saturated carbocycles. The predicted molar refractivity (Wildman–Crippen MR) is 171 cm³/mol. The van der Waals surface area contributed by atoms with E-state index in [2.05, 4.69) is 5.32 Å². The van der Waals surface area contributed by atoms with E-state index in [4.69, 9.17) is 25.8 Å². The van der Waals surface area contributed by atoms with Crippen molar-refractivity contribution in [2.24, 2.45) is 0 Å². The van der Waals surface area contributed by atoms with Gasteiger partial charge in [0.15, 0.2) is 11.5 Å². The van der Waals surface area contributed by atoms with E-state index in [0.29, 0.717) is 35.1 Å². The van der Waals surface area contributed by atoms with Gasteiger partial charge in [0, 0.05) is 23.7 Å². The quantitative estimate of drug-likeness (QED) is 0.239. The van der Waals surface area contributed by atoms with Gasteiger partial charge in [-0.3, -0.25) is 13.9 Å². The molecule has 44 heavy (non-hydrogen) atoms. The first-order chi connectivity index (χ1) is 21.0. The largest absolute Gasteiger partial charge is 0.494 e. The Kier molecular flexibility index (Phi) is 12.3. The Bertz CT molecular complexity index is 1530. The molecule has 0 aliphatic carbocycles. The second-order valence-electron chi connectivity index (χ2n) is 10.2. The van der Waals surface area contributed by atoms with Crippen molar-refractivity contribution in [3.63, 3.8) is 0 Å². The molecule has 3 aromatic carbocycles. The van der Waals surface area contributed by atoms with E-state index in [1.807, 2.05) is 20.8 Å². The van der Waals surface area contributed by atoms with Gasteiger partial charge in [-0.1, -0.05) is 36.7 Å². The highest BCUT2D eigenvalue weighted by Crippen LogP contribution is 2.33. The number of nitrogens with zero attached hydrogens (tertiary/aromatic N) is 2. The SMILES string of the molecule is CCOc1ccc(N(CC(=O)N(Cc2ccccc2Cl)C(CC)C(=O)NC(C)C)S(=O)(=O)c2ccc(OC)c(OC)c2)cc1. The summed E-state index contributed by atoms with van der Waals surface area (Å²) in [6.07, 6.45) is 0.292. The van der Waals surface area contributed by atoms with Gasteiger partial charge in [0.2, 0.25) is 11.8 Å². The molecule has 0 fully saturated rings. The van der Waals surface area contributed by atoms with Crippen molar-refractivity contribution in [2.75, 3.05) is 31.7 Å². The molecule has 0 aliphatic heterocycles. The average molecular weight is 646 g/mol. The number of rotatable bonds is 15. The zero-order chi connectivity index (χ0) is 32.4. The zero-order valence-corrected chi connectivity index (χ0v) is 27.4. The van der Waals surface area contributed by atoms with Gasteiger partial charge in [0.05, 0.1) is 31.4 Å². The molecule has 2 amide bonds. The molecule has 12 heteroatoms. The summed E-state index contributed by atoms with van der Waals surface area (Å²) in [6, 6.07) is 16.6. The molecular formula is C32H40ClN3O7S. The maximum atomic E-state index is 14.2. The number of halogens is 1. The third-order valence-corrected chi connectivity index (χ3v) is 8.91. The number of nitrogens with one attached hydrogen (secondary N) is 1. The second kappa shape index (κ2) is 15.7. The number of hydrogen-bond donors (Lipinski definition) is 1. The van der Waals surface area contributed by atoms with E-state index in [1.54, 1.807) is 55.5 Å². The maximum absolute atomic E-state index is 14.2. The minimum atomic E-state index is -4.34. The van der Waals surface area contributed by atoms with Crippen LogP contribution in [0.15, 0.2) is 71.6 Å². The molecule has 3 rings (SSSR count). The molecule has 238 valence electrons. The maximum Gasteiger partial charge on any atom is 0.264 e. The number of sulfonamides is 1. The Labute approximate surface area is 264 Å². The van der Waals surface area contributed by atoms with E-state index in [-0.39, 0.29) is 34.8 Å². The molecule has 0 bridgehead atoms. The van der Waals surface area contributed by atoms with Crippen molar-refractivity contribution >= 4 is 39.1 Å². The Morgan fingerprint density at radius 1 is 0.932 bits per heavy atom. The lowest BCUT2D eigenvalue weighted by Crippen LogP contribution is -2.53. The smallest absolute Gasteiger partial charge is 0.264 e. The number of carbonyl (C=O) groups is 2. The van der Waals surface area contributed by atoms with Crippen LogP contribution in [0.3, 0.4) is 0 Å². The van der Waals surface area contributed by atoms with Crippen LogP contribution in [0.25, 0.3) is 0 Å². The summed E-state index contributed by atoms with van der Waals surface area (Å²) < 4.78 is 45.6. The second-order valence-corrected chi connectivity index (χ2v) is 12.4. The van der Waals surface area contributed by atoms with Crippen molar-refractivity contribution in [3.05, 3.63) is 77.3 Å². The van der Waals surface area contributed by atoms with Crippen LogP contribution in [-0.4, -0.2) is 64.6 Å². The standard InChI is InChI=1S/C32H40ClN3O7S/c1-7-28(32(38)34-22(3)4)35(20-23-11-9-10-12-27(23)33)31(37)21-36(24-13-15-25(16-14-24)43-8-2)44(39,40)26-17-18-29(41-5)30(19-26)42-6/h9-19,22,28H,7-8,20-21H2,1-6H3,(H,34,38). The fourth-order valence-electron chi connectivity index (χ4n) is 4.62. The van der Waals surface area contributed by atoms with Crippen LogP contribution >= 0.6 is 11.6 Å². The predicted octanol–water partition coefficient (Wildman–Crippen LogP) is 5.28. The third kappa shape index (κ3) is 8.35. The summed E-state index contributed by atoms with van der Waals surface area (Å²) in [6.45, 7) is 7.12. The first kappa shape index (κ1) is 34.5. The third-order valence-electron chi connectivity index (χ3n) is 6.77. The molecular weight excluding hydrogens is 606 g/mol. The van der Waals surface area contributed by atoms with Crippen molar-refractivity contribution in [1.82, 2.24) is 10.2 Å². The van der Waals surface area contributed by atoms with Gasteiger partial charge in [0.25, 0.3) is 10.0 Å². The lowest BCUT2D eigenvalue weighted by atomic mass is 10.1. The van der Waals surface area contributed by atoms with Crippen LogP contribution in [0, 0.1) is 0 Å².